The standard InChI is InChI=1S/C11H17NO4/c1-8(13)12-9(10(14)15)7-16-11(12)5-3-2-4-6-11/h9H,2-7H2,1H3,(H,14,15). The Bertz CT molecular complexity index is 309. The van der Waals surface area contributed by atoms with Gasteiger partial charge in [-0.3, -0.25) is 9.69 Å². The minimum atomic E-state index is -0.974. The molecular weight excluding hydrogens is 210 g/mol. The molecule has 2 fully saturated rings. The summed E-state index contributed by atoms with van der Waals surface area (Å²) in [6.45, 7) is 1.54. The highest BCUT2D eigenvalue weighted by atomic mass is 16.5. The van der Waals surface area contributed by atoms with Crippen molar-refractivity contribution in [2.75, 3.05) is 6.61 Å². The van der Waals surface area contributed by atoms with Gasteiger partial charge in [0, 0.05) is 6.92 Å². The summed E-state index contributed by atoms with van der Waals surface area (Å²) < 4.78 is 5.65. The van der Waals surface area contributed by atoms with Crippen molar-refractivity contribution in [1.29, 1.82) is 0 Å². The Morgan fingerprint density at radius 1 is 1.31 bits per heavy atom. The maximum Gasteiger partial charge on any atom is 0.328 e. The van der Waals surface area contributed by atoms with E-state index in [1.165, 1.54) is 11.8 Å². The van der Waals surface area contributed by atoms with Crippen molar-refractivity contribution in [3.8, 4) is 0 Å². The average molecular weight is 227 g/mol. The highest BCUT2D eigenvalue weighted by Gasteiger charge is 2.51. The highest BCUT2D eigenvalue weighted by molar-refractivity contribution is 5.83. The van der Waals surface area contributed by atoms with Gasteiger partial charge in [0.2, 0.25) is 5.91 Å². The van der Waals surface area contributed by atoms with Gasteiger partial charge in [-0.2, -0.15) is 0 Å². The Morgan fingerprint density at radius 3 is 2.44 bits per heavy atom. The van der Waals surface area contributed by atoms with Crippen LogP contribution in [0.3, 0.4) is 0 Å². The van der Waals surface area contributed by atoms with Crippen molar-refractivity contribution >= 4 is 11.9 Å². The normalized spacial score (nSPS) is 28.3. The summed E-state index contributed by atoms with van der Waals surface area (Å²) in [6, 6.07) is -0.810. The first-order chi connectivity index (χ1) is 7.57. The summed E-state index contributed by atoms with van der Waals surface area (Å²) in [7, 11) is 0. The third kappa shape index (κ3) is 1.69. The van der Waals surface area contributed by atoms with Crippen LogP contribution >= 0.6 is 0 Å². The molecule has 0 bridgehead atoms. The van der Waals surface area contributed by atoms with Gasteiger partial charge in [-0.25, -0.2) is 4.79 Å². The molecule has 1 saturated carbocycles. The zero-order chi connectivity index (χ0) is 11.8. The van der Waals surface area contributed by atoms with Crippen molar-refractivity contribution in [2.45, 2.75) is 50.8 Å². The molecule has 1 aliphatic heterocycles. The Morgan fingerprint density at radius 2 is 1.94 bits per heavy atom. The van der Waals surface area contributed by atoms with Crippen LogP contribution in [0.5, 0.6) is 0 Å². The molecule has 1 aliphatic carbocycles. The number of rotatable bonds is 1. The fraction of sp³-hybridized carbons (Fsp3) is 0.818. The van der Waals surface area contributed by atoms with E-state index in [0.29, 0.717) is 0 Å². The van der Waals surface area contributed by atoms with Crippen LogP contribution in [0.25, 0.3) is 0 Å². The molecule has 0 aromatic heterocycles. The second-order valence-electron chi connectivity index (χ2n) is 4.56. The molecule has 2 rings (SSSR count). The number of aliphatic carboxylic acids is 1. The Labute approximate surface area is 94.4 Å². The highest BCUT2D eigenvalue weighted by Crippen LogP contribution is 2.40. The zero-order valence-electron chi connectivity index (χ0n) is 9.44. The predicted octanol–water partition coefficient (Wildman–Crippen LogP) is 0.979. The lowest BCUT2D eigenvalue weighted by Crippen LogP contribution is -2.53. The fourth-order valence-electron chi connectivity index (χ4n) is 2.84. The van der Waals surface area contributed by atoms with Gasteiger partial charge >= 0.3 is 5.97 Å². The van der Waals surface area contributed by atoms with Crippen LogP contribution < -0.4 is 0 Å². The summed E-state index contributed by atoms with van der Waals surface area (Å²) in [4.78, 5) is 24.1. The zero-order valence-corrected chi connectivity index (χ0v) is 9.44. The van der Waals surface area contributed by atoms with Crippen molar-refractivity contribution in [2.24, 2.45) is 0 Å². The molecule has 1 atom stereocenters. The van der Waals surface area contributed by atoms with Gasteiger partial charge in [0.15, 0.2) is 6.04 Å². The van der Waals surface area contributed by atoms with Crippen LogP contribution in [0.2, 0.25) is 0 Å². The maximum atomic E-state index is 11.6. The summed E-state index contributed by atoms with van der Waals surface area (Å²) in [6.07, 6.45) is 4.65. The van der Waals surface area contributed by atoms with Crippen molar-refractivity contribution in [1.82, 2.24) is 4.90 Å². The van der Waals surface area contributed by atoms with E-state index in [1.54, 1.807) is 0 Å². The first kappa shape index (κ1) is 11.4. The molecule has 2 aliphatic rings. The largest absolute Gasteiger partial charge is 0.480 e. The molecule has 1 amide bonds. The monoisotopic (exact) mass is 227 g/mol. The number of carboxylic acid groups (broad SMARTS) is 1. The quantitative estimate of drug-likeness (QED) is 0.725. The minimum absolute atomic E-state index is 0.120. The number of ether oxygens (including phenoxy) is 1. The van der Waals surface area contributed by atoms with Crippen molar-refractivity contribution in [3.63, 3.8) is 0 Å². The van der Waals surface area contributed by atoms with Crippen LogP contribution in [0.4, 0.5) is 0 Å². The van der Waals surface area contributed by atoms with Crippen LogP contribution in [0.15, 0.2) is 0 Å². The number of hydrogen-bond donors (Lipinski definition) is 1. The van der Waals surface area contributed by atoms with E-state index < -0.39 is 17.7 Å². The average Bonchev–Trinajstić information content (AvgIpc) is 2.58. The van der Waals surface area contributed by atoms with Crippen LogP contribution in [0, 0.1) is 0 Å². The lowest BCUT2D eigenvalue weighted by atomic mass is 9.90. The molecule has 90 valence electrons. The Kier molecular flexibility index (Phi) is 2.88. The first-order valence-corrected chi connectivity index (χ1v) is 5.73. The molecule has 0 aromatic carbocycles. The SMILES string of the molecule is CC(=O)N1C(C(=O)O)COC12CCCCC2. The van der Waals surface area contributed by atoms with E-state index in [-0.39, 0.29) is 12.5 Å². The third-order valence-electron chi connectivity index (χ3n) is 3.52. The van der Waals surface area contributed by atoms with Gasteiger partial charge in [-0.1, -0.05) is 6.42 Å². The molecule has 1 N–H and O–H groups in total. The molecule has 5 nitrogen and oxygen atoms in total. The summed E-state index contributed by atoms with van der Waals surface area (Å²) in [5.74, 6) is -1.18. The van der Waals surface area contributed by atoms with Crippen LogP contribution in [-0.2, 0) is 14.3 Å². The van der Waals surface area contributed by atoms with Crippen molar-refractivity contribution < 1.29 is 19.4 Å². The molecule has 1 spiro atoms. The summed E-state index contributed by atoms with van der Waals surface area (Å²) in [5.41, 5.74) is -0.632. The topological polar surface area (TPSA) is 66.8 Å². The number of carbonyl (C=O) groups excluding carboxylic acids is 1. The fourth-order valence-corrected chi connectivity index (χ4v) is 2.84. The van der Waals surface area contributed by atoms with E-state index >= 15 is 0 Å². The van der Waals surface area contributed by atoms with Gasteiger partial charge in [0.05, 0.1) is 6.61 Å². The Hall–Kier alpha value is -1.10. The molecule has 1 heterocycles. The predicted molar refractivity (Wildman–Crippen MR) is 55.7 cm³/mol. The molecule has 1 unspecified atom stereocenters. The number of carboxylic acids is 1. The van der Waals surface area contributed by atoms with Crippen molar-refractivity contribution in [3.05, 3.63) is 0 Å². The first-order valence-electron chi connectivity index (χ1n) is 5.73. The van der Waals surface area contributed by atoms with Gasteiger partial charge < -0.3 is 9.84 Å². The third-order valence-corrected chi connectivity index (χ3v) is 3.52. The number of carbonyl (C=O) groups is 2. The van der Waals surface area contributed by atoms with Crippen LogP contribution in [-0.4, -0.2) is 40.3 Å². The number of nitrogens with zero attached hydrogens (tertiary/aromatic N) is 1. The second kappa shape index (κ2) is 4.05. The van der Waals surface area contributed by atoms with E-state index in [9.17, 15) is 9.59 Å². The maximum absolute atomic E-state index is 11.6. The molecule has 0 aromatic rings. The van der Waals surface area contributed by atoms with Gasteiger partial charge in [0.1, 0.15) is 5.72 Å². The minimum Gasteiger partial charge on any atom is -0.480 e. The summed E-state index contributed by atoms with van der Waals surface area (Å²) in [5, 5.41) is 9.07. The smallest absolute Gasteiger partial charge is 0.328 e. The van der Waals surface area contributed by atoms with Gasteiger partial charge in [0.25, 0.3) is 0 Å². The van der Waals surface area contributed by atoms with Crippen LogP contribution in [0.1, 0.15) is 39.0 Å². The molecule has 16 heavy (non-hydrogen) atoms. The van der Waals surface area contributed by atoms with Gasteiger partial charge in [-0.15, -0.1) is 0 Å². The number of amides is 1. The lowest BCUT2D eigenvalue weighted by Gasteiger charge is -2.40. The molecular formula is C11H17NO4. The Balaban J connectivity index is 2.26. The van der Waals surface area contributed by atoms with E-state index in [0.717, 1.165) is 32.1 Å². The summed E-state index contributed by atoms with van der Waals surface area (Å²) >= 11 is 0. The van der Waals surface area contributed by atoms with E-state index in [1.807, 2.05) is 0 Å². The molecule has 1 saturated heterocycles. The molecule has 5 heteroatoms. The molecule has 0 radical (unpaired) electrons. The van der Waals surface area contributed by atoms with Gasteiger partial charge in [-0.05, 0) is 25.7 Å². The second-order valence-corrected chi connectivity index (χ2v) is 4.56. The van der Waals surface area contributed by atoms with E-state index in [2.05, 4.69) is 0 Å². The lowest BCUT2D eigenvalue weighted by molar-refractivity contribution is -0.161. The number of hydrogen-bond acceptors (Lipinski definition) is 3. The van der Waals surface area contributed by atoms with E-state index in [4.69, 9.17) is 9.84 Å².